The van der Waals surface area contributed by atoms with Gasteiger partial charge in [-0.15, -0.1) is 0 Å². The highest BCUT2D eigenvalue weighted by Gasteiger charge is 2.24. The van der Waals surface area contributed by atoms with E-state index in [0.29, 0.717) is 30.3 Å². The quantitative estimate of drug-likeness (QED) is 0.638. The average Bonchev–Trinajstić information content (AvgIpc) is 3.28. The van der Waals surface area contributed by atoms with Gasteiger partial charge < -0.3 is 19.4 Å². The molecule has 1 aliphatic rings. The molecule has 0 atom stereocenters. The SMILES string of the molecule is COCC(=O)N1CCCN(CC(C)C)CCCN(C(=O)Cn2cncn2)Cc2cc(F)ccc21. The molecular weight excluding hydrogens is 439 g/mol. The first-order chi connectivity index (χ1) is 16.4. The number of hydrogen-bond donors (Lipinski definition) is 0. The van der Waals surface area contributed by atoms with Gasteiger partial charge in [0.1, 0.15) is 31.6 Å². The van der Waals surface area contributed by atoms with Crippen LogP contribution in [0.15, 0.2) is 30.9 Å². The van der Waals surface area contributed by atoms with Crippen LogP contribution >= 0.6 is 0 Å². The van der Waals surface area contributed by atoms with E-state index >= 15 is 0 Å². The van der Waals surface area contributed by atoms with E-state index in [-0.39, 0.29) is 31.5 Å². The van der Waals surface area contributed by atoms with Gasteiger partial charge >= 0.3 is 0 Å². The first kappa shape index (κ1) is 25.8. The van der Waals surface area contributed by atoms with Gasteiger partial charge in [0.2, 0.25) is 5.91 Å². The summed E-state index contributed by atoms with van der Waals surface area (Å²) in [7, 11) is 1.48. The molecule has 0 saturated carbocycles. The Balaban J connectivity index is 1.93. The van der Waals surface area contributed by atoms with Gasteiger partial charge in [-0.05, 0) is 55.6 Å². The number of amides is 2. The topological polar surface area (TPSA) is 83.8 Å². The van der Waals surface area contributed by atoms with Gasteiger partial charge in [0.25, 0.3) is 5.91 Å². The van der Waals surface area contributed by atoms with Crippen molar-refractivity contribution >= 4 is 17.5 Å². The lowest BCUT2D eigenvalue weighted by molar-refractivity contribution is -0.132. The van der Waals surface area contributed by atoms with Crippen LogP contribution in [0, 0.1) is 11.7 Å². The highest BCUT2D eigenvalue weighted by atomic mass is 19.1. The maximum atomic E-state index is 14.3. The fourth-order valence-electron chi connectivity index (χ4n) is 4.32. The Labute approximate surface area is 200 Å². The lowest BCUT2D eigenvalue weighted by Crippen LogP contribution is -2.41. The Morgan fingerprint density at radius 1 is 1.12 bits per heavy atom. The number of rotatable bonds is 6. The number of benzene rings is 1. The third-order valence-corrected chi connectivity index (χ3v) is 5.76. The molecule has 0 radical (unpaired) electrons. The summed E-state index contributed by atoms with van der Waals surface area (Å²) in [5.41, 5.74) is 1.20. The Hall–Kier alpha value is -2.85. The molecule has 0 unspecified atom stereocenters. The van der Waals surface area contributed by atoms with Crippen molar-refractivity contribution in [1.82, 2.24) is 24.6 Å². The molecule has 0 N–H and O–H groups in total. The van der Waals surface area contributed by atoms with Gasteiger partial charge in [-0.1, -0.05) is 13.8 Å². The molecule has 0 bridgehead atoms. The van der Waals surface area contributed by atoms with Gasteiger partial charge in [0.05, 0.1) is 0 Å². The lowest BCUT2D eigenvalue weighted by atomic mass is 10.1. The molecule has 34 heavy (non-hydrogen) atoms. The van der Waals surface area contributed by atoms with Crippen LogP contribution in [0.25, 0.3) is 0 Å². The summed E-state index contributed by atoms with van der Waals surface area (Å²) in [6.07, 6.45) is 4.47. The van der Waals surface area contributed by atoms with Gasteiger partial charge in [-0.2, -0.15) is 5.10 Å². The second-order valence-corrected chi connectivity index (χ2v) is 9.06. The zero-order valence-corrected chi connectivity index (χ0v) is 20.3. The molecule has 1 aromatic heterocycles. The van der Waals surface area contributed by atoms with Crippen LogP contribution in [0.2, 0.25) is 0 Å². The first-order valence-electron chi connectivity index (χ1n) is 11.8. The molecule has 9 nitrogen and oxygen atoms in total. The van der Waals surface area contributed by atoms with Crippen LogP contribution in [0.1, 0.15) is 32.3 Å². The van der Waals surface area contributed by atoms with Gasteiger partial charge in [0, 0.05) is 39.0 Å². The predicted octanol–water partition coefficient (Wildman–Crippen LogP) is 2.18. The van der Waals surface area contributed by atoms with Crippen LogP contribution in [0.4, 0.5) is 10.1 Å². The third kappa shape index (κ3) is 7.33. The number of anilines is 1. The van der Waals surface area contributed by atoms with E-state index in [0.717, 1.165) is 32.5 Å². The summed E-state index contributed by atoms with van der Waals surface area (Å²) in [6, 6.07) is 4.38. The Kier molecular flexibility index (Phi) is 9.52. The largest absolute Gasteiger partial charge is 0.375 e. The molecule has 2 aromatic rings. The van der Waals surface area contributed by atoms with Gasteiger partial charge in [-0.25, -0.2) is 14.1 Å². The van der Waals surface area contributed by atoms with E-state index in [2.05, 4.69) is 28.8 Å². The van der Waals surface area contributed by atoms with Crippen molar-refractivity contribution in [1.29, 1.82) is 0 Å². The number of carbonyl (C=O) groups excluding carboxylic acids is 2. The van der Waals surface area contributed by atoms with Crippen molar-refractivity contribution in [2.75, 3.05) is 51.3 Å². The van der Waals surface area contributed by atoms with Gasteiger partial charge in [-0.3, -0.25) is 9.59 Å². The fraction of sp³-hybridized carbons (Fsp3) is 0.583. The summed E-state index contributed by atoms with van der Waals surface area (Å²) < 4.78 is 20.9. The standard InChI is InChI=1S/C24H35FN6O3/c1-19(2)13-28-8-4-10-29(23(32)15-30-18-26-17-27-30)14-20-12-21(25)6-7-22(20)31(11-5-9-28)24(33)16-34-3/h6-7,12,17-19H,4-5,8-11,13-16H2,1-3H3. The second kappa shape index (κ2) is 12.6. The maximum Gasteiger partial charge on any atom is 0.252 e. The van der Waals surface area contributed by atoms with E-state index in [1.165, 1.54) is 36.6 Å². The van der Waals surface area contributed by atoms with E-state index in [1.807, 2.05) is 0 Å². The van der Waals surface area contributed by atoms with E-state index < -0.39 is 5.82 Å². The summed E-state index contributed by atoms with van der Waals surface area (Å²) in [6.45, 7) is 8.17. The summed E-state index contributed by atoms with van der Waals surface area (Å²) in [4.78, 5) is 35.8. The van der Waals surface area contributed by atoms with Crippen molar-refractivity contribution in [3.05, 3.63) is 42.2 Å². The number of methoxy groups -OCH3 is 1. The van der Waals surface area contributed by atoms with Crippen LogP contribution in [0.3, 0.4) is 0 Å². The van der Waals surface area contributed by atoms with E-state index in [9.17, 15) is 14.0 Å². The highest BCUT2D eigenvalue weighted by Crippen LogP contribution is 2.25. The Bertz CT molecular complexity index is 937. The highest BCUT2D eigenvalue weighted by molar-refractivity contribution is 5.95. The van der Waals surface area contributed by atoms with Crippen LogP contribution in [-0.4, -0.2) is 82.8 Å². The number of nitrogens with zero attached hydrogens (tertiary/aromatic N) is 6. The molecule has 0 fully saturated rings. The third-order valence-electron chi connectivity index (χ3n) is 5.76. The molecule has 1 aromatic carbocycles. The molecule has 186 valence electrons. The lowest BCUT2D eigenvalue weighted by Gasteiger charge is -2.32. The summed E-state index contributed by atoms with van der Waals surface area (Å²) in [5, 5.41) is 4.04. The molecule has 2 heterocycles. The minimum atomic E-state index is -0.406. The number of hydrogen-bond acceptors (Lipinski definition) is 6. The van der Waals surface area contributed by atoms with Gasteiger partial charge in [0.15, 0.2) is 0 Å². The molecule has 0 aliphatic carbocycles. The molecule has 0 saturated heterocycles. The molecule has 1 aliphatic heterocycles. The van der Waals surface area contributed by atoms with E-state index in [1.54, 1.807) is 15.9 Å². The fourth-order valence-corrected chi connectivity index (χ4v) is 4.32. The number of fused-ring (bicyclic) bond motifs is 1. The first-order valence-corrected chi connectivity index (χ1v) is 11.8. The zero-order chi connectivity index (χ0) is 24.5. The molecule has 2 amide bonds. The Morgan fingerprint density at radius 3 is 2.56 bits per heavy atom. The number of ether oxygens (including phenoxy) is 1. The molecule has 10 heteroatoms. The number of aromatic nitrogens is 3. The minimum Gasteiger partial charge on any atom is -0.375 e. The van der Waals surface area contributed by atoms with Crippen molar-refractivity contribution in [3.8, 4) is 0 Å². The van der Waals surface area contributed by atoms with Crippen LogP contribution in [-0.2, 0) is 27.4 Å². The second-order valence-electron chi connectivity index (χ2n) is 9.06. The van der Waals surface area contributed by atoms with E-state index in [4.69, 9.17) is 4.74 Å². The van der Waals surface area contributed by atoms with Crippen LogP contribution in [0.5, 0.6) is 0 Å². The smallest absolute Gasteiger partial charge is 0.252 e. The van der Waals surface area contributed by atoms with Crippen molar-refractivity contribution in [3.63, 3.8) is 0 Å². The zero-order valence-electron chi connectivity index (χ0n) is 20.3. The predicted molar refractivity (Wildman–Crippen MR) is 127 cm³/mol. The van der Waals surface area contributed by atoms with Crippen LogP contribution < -0.4 is 4.90 Å². The summed E-state index contributed by atoms with van der Waals surface area (Å²) in [5.74, 6) is -0.226. The Morgan fingerprint density at radius 2 is 1.88 bits per heavy atom. The number of halogens is 1. The maximum absolute atomic E-state index is 14.3. The monoisotopic (exact) mass is 474 g/mol. The average molecular weight is 475 g/mol. The normalized spacial score (nSPS) is 16.1. The number of carbonyl (C=O) groups is 2. The molecule has 0 spiro atoms. The molecule has 3 rings (SSSR count). The van der Waals surface area contributed by atoms with Crippen molar-refractivity contribution in [2.24, 2.45) is 5.92 Å². The molecular formula is C24H35FN6O3. The van der Waals surface area contributed by atoms with Crippen molar-refractivity contribution < 1.29 is 18.7 Å². The minimum absolute atomic E-state index is 0.0483. The van der Waals surface area contributed by atoms with Crippen molar-refractivity contribution in [2.45, 2.75) is 39.8 Å². The summed E-state index contributed by atoms with van der Waals surface area (Å²) >= 11 is 0.